The molecule has 0 radical (unpaired) electrons. The van der Waals surface area contributed by atoms with Gasteiger partial charge in [-0.05, 0) is 31.9 Å². The Morgan fingerprint density at radius 1 is 1.29 bits per heavy atom. The molecule has 21 heavy (non-hydrogen) atoms. The SMILES string of the molecule is CNC1CCCc2nc(Cc3ccc(OC)nc3)ncc21. The zero-order chi connectivity index (χ0) is 14.7. The topological polar surface area (TPSA) is 59.9 Å². The van der Waals surface area contributed by atoms with Gasteiger partial charge in [0.15, 0.2) is 0 Å². The molecule has 0 fully saturated rings. The molecule has 1 aliphatic carbocycles. The van der Waals surface area contributed by atoms with Gasteiger partial charge in [0.2, 0.25) is 5.88 Å². The summed E-state index contributed by atoms with van der Waals surface area (Å²) in [6.45, 7) is 0. The van der Waals surface area contributed by atoms with Crippen LogP contribution < -0.4 is 10.1 Å². The molecule has 5 nitrogen and oxygen atoms in total. The predicted molar refractivity (Wildman–Crippen MR) is 80.4 cm³/mol. The Balaban J connectivity index is 1.80. The molecule has 1 aliphatic rings. The fourth-order valence-corrected chi connectivity index (χ4v) is 2.79. The zero-order valence-corrected chi connectivity index (χ0v) is 12.5. The summed E-state index contributed by atoms with van der Waals surface area (Å²) in [7, 11) is 3.61. The summed E-state index contributed by atoms with van der Waals surface area (Å²) < 4.78 is 5.07. The molecule has 3 rings (SSSR count). The minimum atomic E-state index is 0.394. The Morgan fingerprint density at radius 2 is 2.19 bits per heavy atom. The number of hydrogen-bond donors (Lipinski definition) is 1. The predicted octanol–water partition coefficient (Wildman–Crippen LogP) is 2.07. The van der Waals surface area contributed by atoms with Crippen LogP contribution in [0.1, 0.15) is 41.5 Å². The van der Waals surface area contributed by atoms with Gasteiger partial charge in [-0.25, -0.2) is 15.0 Å². The molecule has 2 heterocycles. The van der Waals surface area contributed by atoms with Gasteiger partial charge in [-0.15, -0.1) is 0 Å². The maximum atomic E-state index is 5.07. The van der Waals surface area contributed by atoms with E-state index in [1.807, 2.05) is 31.6 Å². The second-order valence-corrected chi connectivity index (χ2v) is 5.31. The Hall–Kier alpha value is -2.01. The lowest BCUT2D eigenvalue weighted by Gasteiger charge is -2.24. The van der Waals surface area contributed by atoms with E-state index in [1.165, 1.54) is 17.7 Å². The fraction of sp³-hybridized carbons (Fsp3) is 0.438. The summed E-state index contributed by atoms with van der Waals surface area (Å²) in [5.74, 6) is 1.49. The summed E-state index contributed by atoms with van der Waals surface area (Å²) in [4.78, 5) is 13.5. The molecule has 5 heteroatoms. The van der Waals surface area contributed by atoms with Crippen LogP contribution in [-0.4, -0.2) is 29.1 Å². The van der Waals surface area contributed by atoms with Crippen LogP contribution >= 0.6 is 0 Å². The number of fused-ring (bicyclic) bond motifs is 1. The maximum Gasteiger partial charge on any atom is 0.212 e. The Kier molecular flexibility index (Phi) is 4.10. The van der Waals surface area contributed by atoms with Crippen LogP contribution in [0.3, 0.4) is 0 Å². The minimum Gasteiger partial charge on any atom is -0.481 e. The van der Waals surface area contributed by atoms with Gasteiger partial charge < -0.3 is 10.1 Å². The Bertz CT molecular complexity index is 612. The van der Waals surface area contributed by atoms with E-state index >= 15 is 0 Å². The number of rotatable bonds is 4. The first-order valence-corrected chi connectivity index (χ1v) is 7.31. The number of methoxy groups -OCH3 is 1. The van der Waals surface area contributed by atoms with Crippen LogP contribution in [0, 0.1) is 0 Å². The van der Waals surface area contributed by atoms with Crippen molar-refractivity contribution >= 4 is 0 Å². The van der Waals surface area contributed by atoms with E-state index in [-0.39, 0.29) is 0 Å². The number of pyridine rings is 1. The van der Waals surface area contributed by atoms with E-state index in [4.69, 9.17) is 9.72 Å². The number of aryl methyl sites for hydroxylation is 1. The minimum absolute atomic E-state index is 0.394. The molecule has 110 valence electrons. The highest BCUT2D eigenvalue weighted by Gasteiger charge is 2.20. The summed E-state index contributed by atoms with van der Waals surface area (Å²) in [5.41, 5.74) is 3.53. The zero-order valence-electron chi connectivity index (χ0n) is 12.5. The molecule has 0 spiro atoms. The van der Waals surface area contributed by atoms with Crippen molar-refractivity contribution in [3.63, 3.8) is 0 Å². The number of nitrogens with one attached hydrogen (secondary N) is 1. The van der Waals surface area contributed by atoms with Crippen LogP contribution in [0.25, 0.3) is 0 Å². The summed E-state index contributed by atoms with van der Waals surface area (Å²) >= 11 is 0. The first-order valence-electron chi connectivity index (χ1n) is 7.31. The third-order valence-corrected chi connectivity index (χ3v) is 3.95. The normalized spacial score (nSPS) is 17.3. The van der Waals surface area contributed by atoms with Crippen molar-refractivity contribution in [3.05, 3.63) is 47.2 Å². The van der Waals surface area contributed by atoms with Gasteiger partial charge >= 0.3 is 0 Å². The molecule has 0 saturated heterocycles. The van der Waals surface area contributed by atoms with E-state index in [2.05, 4.69) is 15.3 Å². The Labute approximate surface area is 124 Å². The molecule has 1 N–H and O–H groups in total. The van der Waals surface area contributed by atoms with Crippen LogP contribution in [0.4, 0.5) is 0 Å². The van der Waals surface area contributed by atoms with Gasteiger partial charge in [0.05, 0.1) is 7.11 Å². The highest BCUT2D eigenvalue weighted by molar-refractivity contribution is 5.26. The van der Waals surface area contributed by atoms with Crippen molar-refractivity contribution in [2.24, 2.45) is 0 Å². The van der Waals surface area contributed by atoms with Crippen molar-refractivity contribution in [2.45, 2.75) is 31.7 Å². The number of ether oxygens (including phenoxy) is 1. The molecule has 0 amide bonds. The second kappa shape index (κ2) is 6.18. The first kappa shape index (κ1) is 13.9. The van der Waals surface area contributed by atoms with E-state index in [9.17, 15) is 0 Å². The number of aromatic nitrogens is 3. The summed E-state index contributed by atoms with van der Waals surface area (Å²) in [5, 5.41) is 3.34. The molecular weight excluding hydrogens is 264 g/mol. The standard InChI is InChI=1S/C16H20N4O/c1-17-13-4-3-5-14-12(13)10-18-15(20-14)8-11-6-7-16(21-2)19-9-11/h6-7,9-10,13,17H,3-5,8H2,1-2H3. The molecule has 1 atom stereocenters. The average Bonchev–Trinajstić information content (AvgIpc) is 2.54. The molecule has 2 aromatic rings. The third kappa shape index (κ3) is 3.03. The summed E-state index contributed by atoms with van der Waals surface area (Å²) in [6.07, 6.45) is 7.89. The van der Waals surface area contributed by atoms with Crippen LogP contribution in [-0.2, 0) is 12.8 Å². The van der Waals surface area contributed by atoms with Gasteiger partial charge in [0.1, 0.15) is 5.82 Å². The van der Waals surface area contributed by atoms with E-state index in [0.717, 1.165) is 24.2 Å². The fourth-order valence-electron chi connectivity index (χ4n) is 2.79. The lowest BCUT2D eigenvalue weighted by atomic mass is 9.92. The highest BCUT2D eigenvalue weighted by atomic mass is 16.5. The summed E-state index contributed by atoms with van der Waals surface area (Å²) in [6, 6.07) is 4.26. The molecule has 0 bridgehead atoms. The van der Waals surface area contributed by atoms with Crippen LogP contribution in [0.5, 0.6) is 5.88 Å². The van der Waals surface area contributed by atoms with Gasteiger partial charge in [0, 0.05) is 42.2 Å². The smallest absolute Gasteiger partial charge is 0.212 e. The van der Waals surface area contributed by atoms with Crippen molar-refractivity contribution in [2.75, 3.05) is 14.2 Å². The van der Waals surface area contributed by atoms with Gasteiger partial charge in [-0.3, -0.25) is 0 Å². The third-order valence-electron chi connectivity index (χ3n) is 3.95. The van der Waals surface area contributed by atoms with Crippen molar-refractivity contribution in [1.82, 2.24) is 20.3 Å². The Morgan fingerprint density at radius 3 is 2.90 bits per heavy atom. The van der Waals surface area contributed by atoms with Crippen LogP contribution in [0.2, 0.25) is 0 Å². The van der Waals surface area contributed by atoms with E-state index in [1.54, 1.807) is 7.11 Å². The molecule has 2 aromatic heterocycles. The largest absolute Gasteiger partial charge is 0.481 e. The highest BCUT2D eigenvalue weighted by Crippen LogP contribution is 2.27. The van der Waals surface area contributed by atoms with Gasteiger partial charge in [0.25, 0.3) is 0 Å². The molecule has 0 saturated carbocycles. The first-order chi connectivity index (χ1) is 10.3. The monoisotopic (exact) mass is 284 g/mol. The van der Waals surface area contributed by atoms with Crippen LogP contribution in [0.15, 0.2) is 24.5 Å². The number of hydrogen-bond acceptors (Lipinski definition) is 5. The molecule has 0 aromatic carbocycles. The van der Waals surface area contributed by atoms with E-state index < -0.39 is 0 Å². The van der Waals surface area contributed by atoms with E-state index in [0.29, 0.717) is 18.3 Å². The molecular formula is C16H20N4O. The second-order valence-electron chi connectivity index (χ2n) is 5.31. The number of nitrogens with zero attached hydrogens (tertiary/aromatic N) is 3. The lowest BCUT2D eigenvalue weighted by Crippen LogP contribution is -2.23. The quantitative estimate of drug-likeness (QED) is 0.931. The molecule has 0 aliphatic heterocycles. The molecule has 1 unspecified atom stereocenters. The average molecular weight is 284 g/mol. The lowest BCUT2D eigenvalue weighted by molar-refractivity contribution is 0.397. The van der Waals surface area contributed by atoms with Gasteiger partial charge in [-0.2, -0.15) is 0 Å². The maximum absolute atomic E-state index is 5.07. The van der Waals surface area contributed by atoms with Crippen molar-refractivity contribution in [1.29, 1.82) is 0 Å². The van der Waals surface area contributed by atoms with Gasteiger partial charge in [-0.1, -0.05) is 6.07 Å². The van der Waals surface area contributed by atoms with Crippen molar-refractivity contribution in [3.8, 4) is 5.88 Å². The van der Waals surface area contributed by atoms with Crippen molar-refractivity contribution < 1.29 is 4.74 Å².